The molecule has 0 aromatic heterocycles. The van der Waals surface area contributed by atoms with Gasteiger partial charge < -0.3 is 21.1 Å². The third-order valence-corrected chi connectivity index (χ3v) is 3.30. The summed E-state index contributed by atoms with van der Waals surface area (Å²) < 4.78 is 5.61. The van der Waals surface area contributed by atoms with Gasteiger partial charge in [0.25, 0.3) is 0 Å². The van der Waals surface area contributed by atoms with Crippen molar-refractivity contribution in [1.82, 2.24) is 0 Å². The number of primary amides is 1. The van der Waals surface area contributed by atoms with Crippen LogP contribution in [0.2, 0.25) is 0 Å². The van der Waals surface area contributed by atoms with E-state index in [4.69, 9.17) is 16.2 Å². The van der Waals surface area contributed by atoms with Crippen LogP contribution in [-0.2, 0) is 4.79 Å². The molecule has 1 aliphatic heterocycles. The fourth-order valence-corrected chi connectivity index (χ4v) is 2.45. The van der Waals surface area contributed by atoms with E-state index < -0.39 is 0 Å². The minimum atomic E-state index is -0.282. The topological polar surface area (TPSA) is 81.6 Å². The van der Waals surface area contributed by atoms with E-state index in [2.05, 4.69) is 6.92 Å². The average molecular weight is 263 g/mol. The molecule has 1 amide bonds. The number of ether oxygens (including phenoxy) is 1. The Labute approximate surface area is 113 Å². The van der Waals surface area contributed by atoms with E-state index in [0.29, 0.717) is 12.3 Å². The zero-order valence-electron chi connectivity index (χ0n) is 11.3. The van der Waals surface area contributed by atoms with Crippen LogP contribution in [0.15, 0.2) is 18.2 Å². The van der Waals surface area contributed by atoms with Crippen molar-refractivity contribution in [2.75, 3.05) is 23.8 Å². The first-order chi connectivity index (χ1) is 9.11. The monoisotopic (exact) mass is 263 g/mol. The average Bonchev–Trinajstić information content (AvgIpc) is 2.85. The molecule has 0 spiro atoms. The Morgan fingerprint density at radius 1 is 1.47 bits per heavy atom. The first kappa shape index (κ1) is 13.5. The number of benzene rings is 1. The van der Waals surface area contributed by atoms with Crippen LogP contribution in [0.1, 0.15) is 26.2 Å². The molecule has 0 aliphatic carbocycles. The van der Waals surface area contributed by atoms with Crippen LogP contribution < -0.4 is 21.1 Å². The summed E-state index contributed by atoms with van der Waals surface area (Å²) in [6.45, 7) is 3.53. The first-order valence-corrected chi connectivity index (χ1v) is 6.71. The summed E-state index contributed by atoms with van der Waals surface area (Å²) in [5.74, 6) is 0.461. The van der Waals surface area contributed by atoms with E-state index in [1.807, 2.05) is 17.0 Å². The molecule has 0 radical (unpaired) electrons. The van der Waals surface area contributed by atoms with Gasteiger partial charge in [0.05, 0.1) is 6.61 Å². The summed E-state index contributed by atoms with van der Waals surface area (Å²) >= 11 is 0. The molecular formula is C14H21N3O2. The predicted octanol–water partition coefficient (Wildman–Crippen LogP) is 1.51. The van der Waals surface area contributed by atoms with E-state index >= 15 is 0 Å². The Balaban J connectivity index is 2.23. The number of carbonyl (C=O) groups excluding carboxylic acids is 1. The van der Waals surface area contributed by atoms with Crippen LogP contribution in [0.25, 0.3) is 0 Å². The molecular weight excluding hydrogens is 242 g/mol. The molecule has 19 heavy (non-hydrogen) atoms. The van der Waals surface area contributed by atoms with Crippen LogP contribution in [0, 0.1) is 0 Å². The lowest BCUT2D eigenvalue weighted by molar-refractivity contribution is -0.119. The lowest BCUT2D eigenvalue weighted by Gasteiger charge is -2.25. The first-order valence-electron chi connectivity index (χ1n) is 6.71. The molecule has 2 rings (SSSR count). The summed E-state index contributed by atoms with van der Waals surface area (Å²) in [6.07, 6.45) is 2.71. The summed E-state index contributed by atoms with van der Waals surface area (Å²) in [7, 11) is 0. The van der Waals surface area contributed by atoms with Gasteiger partial charge in [0.1, 0.15) is 11.8 Å². The summed E-state index contributed by atoms with van der Waals surface area (Å²) in [6, 6.07) is 5.35. The van der Waals surface area contributed by atoms with Crippen molar-refractivity contribution >= 4 is 17.3 Å². The van der Waals surface area contributed by atoms with Crippen LogP contribution in [0.5, 0.6) is 5.75 Å². The maximum atomic E-state index is 11.4. The smallest absolute Gasteiger partial charge is 0.240 e. The second kappa shape index (κ2) is 5.82. The van der Waals surface area contributed by atoms with E-state index in [1.54, 1.807) is 6.07 Å². The Morgan fingerprint density at radius 3 is 2.95 bits per heavy atom. The molecule has 1 aromatic rings. The maximum Gasteiger partial charge on any atom is 0.240 e. The fraction of sp³-hybridized carbons (Fsp3) is 0.500. The normalized spacial score (nSPS) is 18.6. The zero-order chi connectivity index (χ0) is 13.8. The molecule has 0 saturated carbocycles. The third-order valence-electron chi connectivity index (χ3n) is 3.30. The summed E-state index contributed by atoms with van der Waals surface area (Å²) in [4.78, 5) is 13.5. The van der Waals surface area contributed by atoms with Gasteiger partial charge in [-0.15, -0.1) is 0 Å². The lowest BCUT2D eigenvalue weighted by Crippen LogP contribution is -2.40. The molecule has 1 heterocycles. The maximum absolute atomic E-state index is 11.4. The van der Waals surface area contributed by atoms with Crippen molar-refractivity contribution in [3.63, 3.8) is 0 Å². The molecule has 1 atom stereocenters. The second-order valence-electron chi connectivity index (χ2n) is 4.86. The quantitative estimate of drug-likeness (QED) is 0.789. The van der Waals surface area contributed by atoms with Gasteiger partial charge in [-0.3, -0.25) is 4.79 Å². The highest BCUT2D eigenvalue weighted by molar-refractivity contribution is 5.84. The highest BCUT2D eigenvalue weighted by Gasteiger charge is 2.29. The lowest BCUT2D eigenvalue weighted by atomic mass is 10.2. The second-order valence-corrected chi connectivity index (χ2v) is 4.86. The molecule has 1 fully saturated rings. The van der Waals surface area contributed by atoms with Gasteiger partial charge in [-0.2, -0.15) is 0 Å². The van der Waals surface area contributed by atoms with Crippen molar-refractivity contribution in [3.05, 3.63) is 18.2 Å². The van der Waals surface area contributed by atoms with Gasteiger partial charge >= 0.3 is 0 Å². The summed E-state index contributed by atoms with van der Waals surface area (Å²) in [5, 5.41) is 0. The fourth-order valence-electron chi connectivity index (χ4n) is 2.45. The Morgan fingerprint density at radius 2 is 2.26 bits per heavy atom. The number of hydrogen-bond acceptors (Lipinski definition) is 4. The van der Waals surface area contributed by atoms with E-state index in [1.165, 1.54) is 0 Å². The highest BCUT2D eigenvalue weighted by Crippen LogP contribution is 2.31. The molecule has 1 saturated heterocycles. The van der Waals surface area contributed by atoms with Crippen LogP contribution in [0.3, 0.4) is 0 Å². The molecule has 1 unspecified atom stereocenters. The number of hydrogen-bond donors (Lipinski definition) is 2. The van der Waals surface area contributed by atoms with Crippen molar-refractivity contribution in [2.45, 2.75) is 32.2 Å². The Kier molecular flexibility index (Phi) is 4.14. The molecule has 0 bridgehead atoms. The van der Waals surface area contributed by atoms with Crippen molar-refractivity contribution in [2.24, 2.45) is 5.73 Å². The Hall–Kier alpha value is -1.91. The van der Waals surface area contributed by atoms with Crippen molar-refractivity contribution in [3.8, 4) is 5.75 Å². The molecule has 5 heteroatoms. The summed E-state index contributed by atoms with van der Waals surface area (Å²) in [5.41, 5.74) is 12.9. The SMILES string of the molecule is CCCOc1cc(N)cc(N2CCCC2C(N)=O)c1. The van der Waals surface area contributed by atoms with Crippen LogP contribution in [-0.4, -0.2) is 25.1 Å². The predicted molar refractivity (Wildman–Crippen MR) is 76.2 cm³/mol. The highest BCUT2D eigenvalue weighted by atomic mass is 16.5. The van der Waals surface area contributed by atoms with E-state index in [9.17, 15) is 4.79 Å². The number of rotatable bonds is 5. The van der Waals surface area contributed by atoms with Gasteiger partial charge in [0, 0.05) is 30.1 Å². The van der Waals surface area contributed by atoms with Gasteiger partial charge in [-0.1, -0.05) is 6.92 Å². The third kappa shape index (κ3) is 3.10. The molecule has 5 nitrogen and oxygen atoms in total. The molecule has 104 valence electrons. The number of amides is 1. The van der Waals surface area contributed by atoms with Gasteiger partial charge in [-0.25, -0.2) is 0 Å². The number of nitrogens with zero attached hydrogens (tertiary/aromatic N) is 1. The van der Waals surface area contributed by atoms with Crippen molar-refractivity contribution in [1.29, 1.82) is 0 Å². The number of nitrogens with two attached hydrogens (primary N) is 2. The Bertz CT molecular complexity index is 462. The largest absolute Gasteiger partial charge is 0.493 e. The minimum absolute atomic E-state index is 0.235. The molecule has 4 N–H and O–H groups in total. The molecule has 1 aliphatic rings. The standard InChI is InChI=1S/C14H21N3O2/c1-2-6-19-12-8-10(15)7-11(9-12)17-5-3-4-13(17)14(16)18/h7-9,13H,2-6,15H2,1H3,(H2,16,18). The van der Waals surface area contributed by atoms with Crippen LogP contribution >= 0.6 is 0 Å². The van der Waals surface area contributed by atoms with E-state index in [0.717, 1.165) is 37.2 Å². The minimum Gasteiger partial charge on any atom is -0.493 e. The number of nitrogen functional groups attached to an aromatic ring is 1. The number of anilines is 2. The van der Waals surface area contributed by atoms with Gasteiger partial charge in [-0.05, 0) is 25.3 Å². The van der Waals surface area contributed by atoms with Crippen LogP contribution in [0.4, 0.5) is 11.4 Å². The van der Waals surface area contributed by atoms with Crippen molar-refractivity contribution < 1.29 is 9.53 Å². The van der Waals surface area contributed by atoms with Gasteiger partial charge in [0.15, 0.2) is 0 Å². The van der Waals surface area contributed by atoms with Gasteiger partial charge in [0.2, 0.25) is 5.91 Å². The van der Waals surface area contributed by atoms with E-state index in [-0.39, 0.29) is 11.9 Å². The zero-order valence-corrected chi connectivity index (χ0v) is 11.3. The number of carbonyl (C=O) groups is 1. The molecule has 1 aromatic carbocycles.